The highest BCUT2D eigenvalue weighted by Gasteiger charge is 2.31. The summed E-state index contributed by atoms with van der Waals surface area (Å²) >= 11 is 5.73. The number of amides is 1. The van der Waals surface area contributed by atoms with Gasteiger partial charge in [-0.05, 0) is 18.1 Å². The Labute approximate surface area is 98.2 Å². The van der Waals surface area contributed by atoms with E-state index in [1.54, 1.807) is 18.3 Å². The summed E-state index contributed by atoms with van der Waals surface area (Å²) in [4.78, 5) is 28.2. The molecule has 1 amide bonds. The standard InChI is InChI=1S/C11H11ClN2O2/c12-5-8-4-10(16)14(6-8)11-9(7-15)2-1-3-13-11/h1-3,7-8H,4-6H2. The van der Waals surface area contributed by atoms with Crippen LogP contribution in [0.5, 0.6) is 0 Å². The first-order chi connectivity index (χ1) is 7.76. The third-order valence-corrected chi connectivity index (χ3v) is 3.06. The van der Waals surface area contributed by atoms with Gasteiger partial charge in [0.05, 0.1) is 5.56 Å². The summed E-state index contributed by atoms with van der Waals surface area (Å²) in [6, 6.07) is 3.32. The van der Waals surface area contributed by atoms with Crippen LogP contribution >= 0.6 is 11.6 Å². The first-order valence-corrected chi connectivity index (χ1v) is 5.56. The predicted molar refractivity (Wildman–Crippen MR) is 60.8 cm³/mol. The van der Waals surface area contributed by atoms with Gasteiger partial charge in [-0.25, -0.2) is 4.98 Å². The normalized spacial score (nSPS) is 20.2. The van der Waals surface area contributed by atoms with Gasteiger partial charge in [-0.3, -0.25) is 14.5 Å². The van der Waals surface area contributed by atoms with Gasteiger partial charge in [0.15, 0.2) is 6.29 Å². The summed E-state index contributed by atoms with van der Waals surface area (Å²) in [6.45, 7) is 0.542. The Hall–Kier alpha value is -1.42. The number of carbonyl (C=O) groups excluding carboxylic acids is 2. The minimum Gasteiger partial charge on any atom is -0.298 e. The van der Waals surface area contributed by atoms with Crippen molar-refractivity contribution in [3.8, 4) is 0 Å². The van der Waals surface area contributed by atoms with Gasteiger partial charge in [0.25, 0.3) is 0 Å². The van der Waals surface area contributed by atoms with E-state index < -0.39 is 0 Å². The van der Waals surface area contributed by atoms with Crippen LogP contribution < -0.4 is 4.90 Å². The van der Waals surface area contributed by atoms with E-state index in [2.05, 4.69) is 4.98 Å². The molecule has 1 fully saturated rings. The lowest BCUT2D eigenvalue weighted by Crippen LogP contribution is -2.26. The van der Waals surface area contributed by atoms with Crippen LogP contribution in [0.3, 0.4) is 0 Å². The van der Waals surface area contributed by atoms with Crippen molar-refractivity contribution in [2.24, 2.45) is 5.92 Å². The number of pyridine rings is 1. The van der Waals surface area contributed by atoms with Crippen LogP contribution in [0.15, 0.2) is 18.3 Å². The quantitative estimate of drug-likeness (QED) is 0.592. The van der Waals surface area contributed by atoms with Crippen molar-refractivity contribution in [2.45, 2.75) is 6.42 Å². The molecule has 4 nitrogen and oxygen atoms in total. The van der Waals surface area contributed by atoms with Gasteiger partial charge >= 0.3 is 0 Å². The molecule has 16 heavy (non-hydrogen) atoms. The van der Waals surface area contributed by atoms with E-state index in [0.29, 0.717) is 36.5 Å². The molecule has 0 N–H and O–H groups in total. The van der Waals surface area contributed by atoms with Crippen molar-refractivity contribution in [1.82, 2.24) is 4.98 Å². The lowest BCUT2D eigenvalue weighted by atomic mass is 10.1. The fourth-order valence-corrected chi connectivity index (χ4v) is 2.02. The minimum absolute atomic E-state index is 0.0209. The monoisotopic (exact) mass is 238 g/mol. The Balaban J connectivity index is 2.31. The zero-order valence-electron chi connectivity index (χ0n) is 8.60. The molecule has 2 heterocycles. The van der Waals surface area contributed by atoms with E-state index in [0.717, 1.165) is 0 Å². The van der Waals surface area contributed by atoms with Crippen LogP contribution in [0.25, 0.3) is 0 Å². The summed E-state index contributed by atoms with van der Waals surface area (Å²) < 4.78 is 0. The molecule has 1 aromatic rings. The SMILES string of the molecule is O=Cc1cccnc1N1CC(CCl)CC1=O. The van der Waals surface area contributed by atoms with Gasteiger partial charge in [-0.15, -0.1) is 11.6 Å². The summed E-state index contributed by atoms with van der Waals surface area (Å²) in [5, 5.41) is 0. The first-order valence-electron chi connectivity index (χ1n) is 5.02. The average Bonchev–Trinajstić information content (AvgIpc) is 2.70. The number of hydrogen-bond acceptors (Lipinski definition) is 3. The maximum absolute atomic E-state index is 11.7. The molecule has 0 aromatic carbocycles. The molecule has 0 radical (unpaired) electrons. The molecule has 1 atom stereocenters. The van der Waals surface area contributed by atoms with E-state index in [1.807, 2.05) is 0 Å². The van der Waals surface area contributed by atoms with Crippen molar-refractivity contribution in [3.05, 3.63) is 23.9 Å². The summed E-state index contributed by atoms with van der Waals surface area (Å²) in [5.41, 5.74) is 0.436. The fraction of sp³-hybridized carbons (Fsp3) is 0.364. The number of nitrogens with zero attached hydrogens (tertiary/aromatic N) is 2. The molecule has 1 unspecified atom stereocenters. The largest absolute Gasteiger partial charge is 0.298 e. The van der Waals surface area contributed by atoms with Gasteiger partial charge in [0.2, 0.25) is 5.91 Å². The zero-order valence-corrected chi connectivity index (χ0v) is 9.35. The van der Waals surface area contributed by atoms with Gasteiger partial charge in [-0.1, -0.05) is 0 Å². The minimum atomic E-state index is -0.0209. The van der Waals surface area contributed by atoms with Crippen LogP contribution in [0, 0.1) is 5.92 Å². The maximum Gasteiger partial charge on any atom is 0.228 e. The second-order valence-corrected chi connectivity index (χ2v) is 4.07. The van der Waals surface area contributed by atoms with Gasteiger partial charge in [0, 0.05) is 25.0 Å². The third kappa shape index (κ3) is 1.93. The van der Waals surface area contributed by atoms with E-state index in [9.17, 15) is 9.59 Å². The van der Waals surface area contributed by atoms with Gasteiger partial charge < -0.3 is 0 Å². The number of carbonyl (C=O) groups is 2. The molecule has 1 aliphatic heterocycles. The smallest absolute Gasteiger partial charge is 0.228 e. The molecule has 1 aromatic heterocycles. The summed E-state index contributed by atoms with van der Waals surface area (Å²) in [5.74, 6) is 1.02. The van der Waals surface area contributed by atoms with Crippen LogP contribution in [-0.4, -0.2) is 29.6 Å². The van der Waals surface area contributed by atoms with Crippen molar-refractivity contribution in [2.75, 3.05) is 17.3 Å². The molecular formula is C11H11ClN2O2. The molecule has 0 saturated carbocycles. The highest BCUT2D eigenvalue weighted by atomic mass is 35.5. The summed E-state index contributed by atoms with van der Waals surface area (Å²) in [6.07, 6.45) is 2.71. The van der Waals surface area contributed by atoms with Gasteiger partial charge in [0.1, 0.15) is 5.82 Å². The molecule has 2 rings (SSSR count). The van der Waals surface area contributed by atoms with Crippen molar-refractivity contribution < 1.29 is 9.59 Å². The fourth-order valence-electron chi connectivity index (χ4n) is 1.82. The topological polar surface area (TPSA) is 50.3 Å². The molecule has 0 bridgehead atoms. The van der Waals surface area contributed by atoms with Crippen LogP contribution in [0.1, 0.15) is 16.8 Å². The van der Waals surface area contributed by atoms with Crippen LogP contribution in [0.4, 0.5) is 5.82 Å². The Bertz CT molecular complexity index is 422. The van der Waals surface area contributed by atoms with Gasteiger partial charge in [-0.2, -0.15) is 0 Å². The Morgan fingerprint density at radius 1 is 1.62 bits per heavy atom. The van der Waals surface area contributed by atoms with E-state index >= 15 is 0 Å². The van der Waals surface area contributed by atoms with Crippen molar-refractivity contribution in [3.63, 3.8) is 0 Å². The molecule has 1 saturated heterocycles. The average molecular weight is 239 g/mol. The Morgan fingerprint density at radius 2 is 2.44 bits per heavy atom. The lowest BCUT2D eigenvalue weighted by molar-refractivity contribution is -0.117. The molecular weight excluding hydrogens is 228 g/mol. The van der Waals surface area contributed by atoms with E-state index in [1.165, 1.54) is 4.90 Å². The maximum atomic E-state index is 11.7. The summed E-state index contributed by atoms with van der Waals surface area (Å²) in [7, 11) is 0. The number of hydrogen-bond donors (Lipinski definition) is 0. The van der Waals surface area contributed by atoms with Crippen LogP contribution in [0.2, 0.25) is 0 Å². The molecule has 84 valence electrons. The third-order valence-electron chi connectivity index (χ3n) is 2.62. The van der Waals surface area contributed by atoms with Crippen molar-refractivity contribution in [1.29, 1.82) is 0 Å². The number of aromatic nitrogens is 1. The van der Waals surface area contributed by atoms with Crippen LogP contribution in [-0.2, 0) is 4.79 Å². The lowest BCUT2D eigenvalue weighted by Gasteiger charge is -2.16. The molecule has 0 spiro atoms. The second-order valence-electron chi connectivity index (χ2n) is 3.76. The highest BCUT2D eigenvalue weighted by molar-refractivity contribution is 6.18. The molecule has 5 heteroatoms. The highest BCUT2D eigenvalue weighted by Crippen LogP contribution is 2.25. The van der Waals surface area contributed by atoms with E-state index in [-0.39, 0.29) is 11.8 Å². The number of halogens is 1. The molecule has 1 aliphatic rings. The molecule has 0 aliphatic carbocycles. The first kappa shape index (κ1) is 11.1. The Morgan fingerprint density at radius 3 is 3.06 bits per heavy atom. The second kappa shape index (κ2) is 4.61. The Kier molecular flexibility index (Phi) is 3.19. The van der Waals surface area contributed by atoms with E-state index in [4.69, 9.17) is 11.6 Å². The number of aldehydes is 1. The number of rotatable bonds is 3. The predicted octanol–water partition coefficient (Wildman–Crippen LogP) is 1.49. The van der Waals surface area contributed by atoms with Crippen molar-refractivity contribution >= 4 is 29.6 Å². The number of alkyl halides is 1. The zero-order chi connectivity index (χ0) is 11.5. The number of anilines is 1.